The summed E-state index contributed by atoms with van der Waals surface area (Å²) in [7, 11) is -0.114. The highest BCUT2D eigenvalue weighted by molar-refractivity contribution is 7.26. The molecule has 1 fully saturated rings. The molecule has 6 nitrogen and oxygen atoms in total. The van der Waals surface area contributed by atoms with E-state index in [1.807, 2.05) is 13.8 Å². The summed E-state index contributed by atoms with van der Waals surface area (Å²) in [6, 6.07) is 0. The second-order valence-electron chi connectivity index (χ2n) is 5.44. The van der Waals surface area contributed by atoms with Crippen molar-refractivity contribution in [2.45, 2.75) is 46.3 Å². The molecule has 1 rings (SSSR count). The highest BCUT2D eigenvalue weighted by Gasteiger charge is 2.39. The van der Waals surface area contributed by atoms with Gasteiger partial charge in [0.05, 0.1) is 19.1 Å². The fraction of sp³-hybridized carbons (Fsp3) is 0.833. The first kappa shape index (κ1) is 16.3. The van der Waals surface area contributed by atoms with Gasteiger partial charge in [0.25, 0.3) is 0 Å². The molecule has 110 valence electrons. The fourth-order valence-corrected chi connectivity index (χ4v) is 2.66. The molecule has 0 aromatic carbocycles. The summed E-state index contributed by atoms with van der Waals surface area (Å²) in [4.78, 5) is 23.3. The van der Waals surface area contributed by atoms with Gasteiger partial charge in [-0.05, 0) is 13.8 Å². The van der Waals surface area contributed by atoms with E-state index >= 15 is 0 Å². The number of carbonyl (C=O) groups excluding carboxylic acids is 2. The number of hydrogen-bond acceptors (Lipinski definition) is 5. The Hall–Kier alpha value is -0.710. The zero-order valence-corrected chi connectivity index (χ0v) is 12.8. The first-order valence-electron chi connectivity index (χ1n) is 6.32. The summed E-state index contributed by atoms with van der Waals surface area (Å²) in [5.41, 5.74) is -0.367. The lowest BCUT2D eigenvalue weighted by atomic mass is 9.87. The minimum absolute atomic E-state index is 0.114. The zero-order valence-electron chi connectivity index (χ0n) is 11.8. The minimum atomic E-state index is -0.541. The van der Waals surface area contributed by atoms with Crippen molar-refractivity contribution >= 4 is 20.9 Å². The van der Waals surface area contributed by atoms with E-state index in [4.69, 9.17) is 13.8 Å². The lowest BCUT2D eigenvalue weighted by molar-refractivity contribution is -0.147. The predicted molar refractivity (Wildman–Crippen MR) is 71.8 cm³/mol. The molecule has 1 aliphatic rings. The topological polar surface area (TPSA) is 73.9 Å². The molecule has 7 heteroatoms. The number of nitrogens with one attached hydrogen (secondary N) is 1. The second kappa shape index (κ2) is 7.17. The van der Waals surface area contributed by atoms with Crippen molar-refractivity contribution in [1.29, 1.82) is 0 Å². The number of carbonyl (C=O) groups is 2. The van der Waals surface area contributed by atoms with Crippen molar-refractivity contribution in [2.75, 3.05) is 13.2 Å². The van der Waals surface area contributed by atoms with Crippen LogP contribution in [0.2, 0.25) is 0 Å². The first-order valence-corrected chi connectivity index (χ1v) is 7.14. The van der Waals surface area contributed by atoms with Crippen molar-refractivity contribution in [3.8, 4) is 0 Å². The van der Waals surface area contributed by atoms with Gasteiger partial charge in [0.15, 0.2) is 9.03 Å². The largest absolute Gasteiger partial charge is 0.463 e. The highest BCUT2D eigenvalue weighted by atomic mass is 31.1. The molecule has 0 saturated carbocycles. The van der Waals surface area contributed by atoms with E-state index in [1.54, 1.807) is 13.8 Å². The number of rotatable bonds is 5. The summed E-state index contributed by atoms with van der Waals surface area (Å²) in [5, 5.41) is 2.70. The Balaban J connectivity index is 2.33. The minimum Gasteiger partial charge on any atom is -0.463 e. The molecule has 19 heavy (non-hydrogen) atoms. The van der Waals surface area contributed by atoms with E-state index in [2.05, 4.69) is 5.32 Å². The van der Waals surface area contributed by atoms with Crippen LogP contribution in [0.3, 0.4) is 0 Å². The Bertz CT molecular complexity index is 332. The number of ether oxygens (including phenoxy) is 1. The van der Waals surface area contributed by atoms with E-state index in [0.29, 0.717) is 6.61 Å². The first-order chi connectivity index (χ1) is 8.83. The third kappa shape index (κ3) is 5.43. The molecule has 1 heterocycles. The molecule has 0 spiro atoms. The Labute approximate surface area is 115 Å². The van der Waals surface area contributed by atoms with Crippen molar-refractivity contribution in [3.63, 3.8) is 0 Å². The maximum atomic E-state index is 12.0. The van der Waals surface area contributed by atoms with Crippen LogP contribution >= 0.6 is 9.03 Å². The number of amides is 1. The van der Waals surface area contributed by atoms with Gasteiger partial charge >= 0.3 is 5.97 Å². The van der Waals surface area contributed by atoms with E-state index in [0.717, 1.165) is 0 Å². The quantitative estimate of drug-likeness (QED) is 0.612. The predicted octanol–water partition coefficient (Wildman–Crippen LogP) is 1.39. The monoisotopic (exact) mass is 291 g/mol. The lowest BCUT2D eigenvalue weighted by Crippen LogP contribution is -2.48. The Morgan fingerprint density at radius 2 is 2.16 bits per heavy atom. The Morgan fingerprint density at radius 1 is 1.47 bits per heavy atom. The average Bonchev–Trinajstić information content (AvgIpc) is 2.26. The van der Waals surface area contributed by atoms with E-state index in [-0.39, 0.29) is 45.4 Å². The summed E-state index contributed by atoms with van der Waals surface area (Å²) < 4.78 is 15.5. The molecular formula is C12H22NO5P. The molecular weight excluding hydrogens is 269 g/mol. The molecule has 0 aromatic heterocycles. The summed E-state index contributed by atoms with van der Waals surface area (Å²) in [6.45, 7) is 8.14. The van der Waals surface area contributed by atoms with Crippen LogP contribution in [0.15, 0.2) is 0 Å². The van der Waals surface area contributed by atoms with Crippen LogP contribution in [0.1, 0.15) is 34.1 Å². The van der Waals surface area contributed by atoms with E-state index in [1.165, 1.54) is 0 Å². The van der Waals surface area contributed by atoms with E-state index < -0.39 is 6.10 Å². The highest BCUT2D eigenvalue weighted by Crippen LogP contribution is 2.37. The second-order valence-corrected chi connectivity index (χ2v) is 6.13. The van der Waals surface area contributed by atoms with Gasteiger partial charge in [0, 0.05) is 12.0 Å². The van der Waals surface area contributed by atoms with Gasteiger partial charge in [-0.25, -0.2) is 0 Å². The molecule has 1 N–H and O–H groups in total. The third-order valence-corrected chi connectivity index (χ3v) is 3.21. The number of hydrogen-bond donors (Lipinski definition) is 1. The van der Waals surface area contributed by atoms with Crippen LogP contribution in [0.4, 0.5) is 0 Å². The van der Waals surface area contributed by atoms with Crippen LogP contribution < -0.4 is 5.32 Å². The maximum absolute atomic E-state index is 12.0. The zero-order chi connectivity index (χ0) is 14.5. The molecule has 1 amide bonds. The maximum Gasteiger partial charge on any atom is 0.307 e. The lowest BCUT2D eigenvalue weighted by Gasteiger charge is -2.36. The van der Waals surface area contributed by atoms with Crippen molar-refractivity contribution in [3.05, 3.63) is 0 Å². The normalized spacial score (nSPS) is 23.3. The van der Waals surface area contributed by atoms with Crippen molar-refractivity contribution < 1.29 is 23.4 Å². The number of esters is 1. The molecule has 0 bridgehead atoms. The third-order valence-electron chi connectivity index (χ3n) is 2.61. The summed E-state index contributed by atoms with van der Waals surface area (Å²) in [5.74, 6) is -0.525. The van der Waals surface area contributed by atoms with Crippen LogP contribution in [0.25, 0.3) is 0 Å². The molecule has 0 aliphatic carbocycles. The molecule has 0 aromatic rings. The van der Waals surface area contributed by atoms with Gasteiger partial charge in [-0.15, -0.1) is 0 Å². The standard InChI is InChI=1S/C12H22NO5P/c1-8(2)17-9(14)5-6-13-11(15)10-12(3,4)7-16-19-18-10/h8,10,19H,5-7H2,1-4H3,(H,13,15)/t10-/m0/s1. The summed E-state index contributed by atoms with van der Waals surface area (Å²) in [6.07, 6.45) is -0.515. The molecule has 2 atom stereocenters. The van der Waals surface area contributed by atoms with Crippen LogP contribution in [-0.4, -0.2) is 37.2 Å². The SMILES string of the molecule is CC(C)OC(=O)CCNC(=O)[C@@H]1OPOCC1(C)C. The smallest absolute Gasteiger partial charge is 0.307 e. The van der Waals surface area contributed by atoms with Gasteiger partial charge in [-0.3, -0.25) is 9.59 Å². The average molecular weight is 291 g/mol. The van der Waals surface area contributed by atoms with E-state index in [9.17, 15) is 9.59 Å². The van der Waals surface area contributed by atoms with Crippen LogP contribution in [0.5, 0.6) is 0 Å². The van der Waals surface area contributed by atoms with Crippen LogP contribution in [0, 0.1) is 5.41 Å². The molecule has 1 unspecified atom stereocenters. The van der Waals surface area contributed by atoms with Gasteiger partial charge in [0.1, 0.15) is 6.10 Å². The molecule has 1 aliphatic heterocycles. The van der Waals surface area contributed by atoms with Gasteiger partial charge < -0.3 is 19.1 Å². The molecule has 0 radical (unpaired) electrons. The van der Waals surface area contributed by atoms with Gasteiger partial charge in [0.2, 0.25) is 5.91 Å². The Morgan fingerprint density at radius 3 is 2.74 bits per heavy atom. The van der Waals surface area contributed by atoms with Crippen LogP contribution in [-0.2, 0) is 23.4 Å². The Kier molecular flexibility index (Phi) is 6.17. The fourth-order valence-electron chi connectivity index (χ4n) is 1.64. The summed E-state index contributed by atoms with van der Waals surface area (Å²) >= 11 is 0. The van der Waals surface area contributed by atoms with Crippen molar-refractivity contribution in [1.82, 2.24) is 5.32 Å². The van der Waals surface area contributed by atoms with Gasteiger partial charge in [-0.2, -0.15) is 0 Å². The van der Waals surface area contributed by atoms with Crippen molar-refractivity contribution in [2.24, 2.45) is 5.41 Å². The van der Waals surface area contributed by atoms with Gasteiger partial charge in [-0.1, -0.05) is 13.8 Å². The molecule has 1 saturated heterocycles.